The zero-order valence-corrected chi connectivity index (χ0v) is 11.8. The minimum absolute atomic E-state index is 0.232. The van der Waals surface area contributed by atoms with Gasteiger partial charge in [-0.15, -0.1) is 0 Å². The van der Waals surface area contributed by atoms with Gasteiger partial charge in [-0.3, -0.25) is 0 Å². The van der Waals surface area contributed by atoms with Gasteiger partial charge in [0.1, 0.15) is 5.00 Å². The van der Waals surface area contributed by atoms with E-state index in [2.05, 4.69) is 19.8 Å². The molecule has 3 heterocycles. The maximum absolute atomic E-state index is 5.58. The Morgan fingerprint density at radius 2 is 2.37 bits per heavy atom. The molecule has 3 rings (SSSR count). The highest BCUT2D eigenvalue weighted by molar-refractivity contribution is 7.10. The van der Waals surface area contributed by atoms with Crippen LogP contribution in [0.2, 0.25) is 0 Å². The molecule has 0 saturated carbocycles. The molecule has 1 saturated heterocycles. The predicted octanol–water partition coefficient (Wildman–Crippen LogP) is 2.26. The van der Waals surface area contributed by atoms with E-state index in [9.17, 15) is 0 Å². The summed E-state index contributed by atoms with van der Waals surface area (Å²) in [5.74, 6) is 1.23. The van der Waals surface area contributed by atoms with Crippen LogP contribution in [0.4, 0.5) is 5.00 Å². The Labute approximate surface area is 115 Å². The van der Waals surface area contributed by atoms with Crippen molar-refractivity contribution in [1.29, 1.82) is 0 Å². The normalized spacial score (nSPS) is 18.9. The number of ether oxygens (including phenoxy) is 1. The Bertz CT molecular complexity index is 560. The van der Waals surface area contributed by atoms with E-state index in [0.717, 1.165) is 42.1 Å². The van der Waals surface area contributed by atoms with E-state index in [-0.39, 0.29) is 6.10 Å². The van der Waals surface area contributed by atoms with Crippen LogP contribution in [-0.4, -0.2) is 34.3 Å². The van der Waals surface area contributed by atoms with Crippen LogP contribution in [0.15, 0.2) is 4.52 Å². The summed E-state index contributed by atoms with van der Waals surface area (Å²) in [5, 5.41) is 8.08. The molecule has 2 aromatic heterocycles. The molecular weight excluding hydrogens is 264 g/mol. The van der Waals surface area contributed by atoms with Gasteiger partial charge in [-0.05, 0) is 31.3 Å². The van der Waals surface area contributed by atoms with E-state index < -0.39 is 0 Å². The number of aromatic nitrogens is 3. The lowest BCUT2D eigenvalue weighted by molar-refractivity contribution is 0.109. The van der Waals surface area contributed by atoms with Gasteiger partial charge < -0.3 is 14.6 Å². The molecule has 1 aliphatic heterocycles. The highest BCUT2D eigenvalue weighted by Gasteiger charge is 2.22. The monoisotopic (exact) mass is 280 g/mol. The Morgan fingerprint density at radius 1 is 1.47 bits per heavy atom. The maximum Gasteiger partial charge on any atom is 0.262 e. The zero-order chi connectivity index (χ0) is 13.2. The van der Waals surface area contributed by atoms with Crippen molar-refractivity contribution in [3.05, 3.63) is 11.5 Å². The Balaban J connectivity index is 1.82. The molecule has 0 radical (unpaired) electrons. The smallest absolute Gasteiger partial charge is 0.262 e. The van der Waals surface area contributed by atoms with Crippen LogP contribution in [0.1, 0.15) is 24.4 Å². The highest BCUT2D eigenvalue weighted by atomic mass is 32.1. The number of aryl methyl sites for hydroxylation is 1. The van der Waals surface area contributed by atoms with Gasteiger partial charge >= 0.3 is 0 Å². The molecule has 1 fully saturated rings. The van der Waals surface area contributed by atoms with E-state index >= 15 is 0 Å². The summed E-state index contributed by atoms with van der Waals surface area (Å²) < 4.78 is 15.2. The number of nitrogens with one attached hydrogen (secondary N) is 1. The Morgan fingerprint density at radius 3 is 3.11 bits per heavy atom. The molecule has 1 aliphatic rings. The Hall–Kier alpha value is -1.47. The second kappa shape index (κ2) is 5.26. The van der Waals surface area contributed by atoms with Gasteiger partial charge in [-0.1, -0.05) is 5.16 Å². The molecule has 0 aliphatic carbocycles. The summed E-state index contributed by atoms with van der Waals surface area (Å²) in [5.41, 5.74) is 1.81. The predicted molar refractivity (Wildman–Crippen MR) is 72.4 cm³/mol. The molecular formula is C12H16N4O2S. The van der Waals surface area contributed by atoms with Crippen molar-refractivity contribution in [3.8, 4) is 11.5 Å². The second-order valence-corrected chi connectivity index (χ2v) is 5.35. The first kappa shape index (κ1) is 12.6. The second-order valence-electron chi connectivity index (χ2n) is 4.58. The van der Waals surface area contributed by atoms with Crippen molar-refractivity contribution in [1.82, 2.24) is 14.5 Å². The standard InChI is InChI=1S/C12H16N4O2S/c1-7-10(12(13-2)19-16-7)11-14-9(15-18-11)6-8-4-3-5-17-8/h8,13H,3-6H2,1-2H3. The summed E-state index contributed by atoms with van der Waals surface area (Å²) >= 11 is 1.40. The zero-order valence-electron chi connectivity index (χ0n) is 11.0. The molecule has 6 nitrogen and oxygen atoms in total. The minimum Gasteiger partial charge on any atom is -0.378 e. The summed E-state index contributed by atoms with van der Waals surface area (Å²) in [6, 6.07) is 0. The van der Waals surface area contributed by atoms with Crippen LogP contribution < -0.4 is 5.32 Å². The van der Waals surface area contributed by atoms with E-state index in [1.165, 1.54) is 11.5 Å². The van der Waals surface area contributed by atoms with Crippen LogP contribution in [0.5, 0.6) is 0 Å². The van der Waals surface area contributed by atoms with Gasteiger partial charge in [0.15, 0.2) is 5.82 Å². The van der Waals surface area contributed by atoms with Gasteiger partial charge in [-0.25, -0.2) is 0 Å². The fourth-order valence-corrected chi connectivity index (χ4v) is 2.98. The van der Waals surface area contributed by atoms with Gasteiger partial charge in [0.2, 0.25) is 0 Å². The molecule has 2 aromatic rings. The van der Waals surface area contributed by atoms with Crippen molar-refractivity contribution in [2.45, 2.75) is 32.3 Å². The topological polar surface area (TPSA) is 73.1 Å². The average molecular weight is 280 g/mol. The quantitative estimate of drug-likeness (QED) is 0.926. The molecule has 19 heavy (non-hydrogen) atoms. The summed E-state index contributed by atoms with van der Waals surface area (Å²) in [6.45, 7) is 2.78. The van der Waals surface area contributed by atoms with Crippen LogP contribution in [0, 0.1) is 6.92 Å². The molecule has 7 heteroatoms. The molecule has 102 valence electrons. The number of anilines is 1. The van der Waals surface area contributed by atoms with Gasteiger partial charge in [0.05, 0.1) is 17.4 Å². The Kier molecular flexibility index (Phi) is 3.48. The lowest BCUT2D eigenvalue weighted by Gasteiger charge is -2.03. The minimum atomic E-state index is 0.232. The van der Waals surface area contributed by atoms with Gasteiger partial charge in [-0.2, -0.15) is 9.36 Å². The van der Waals surface area contributed by atoms with Gasteiger partial charge in [0, 0.05) is 20.1 Å². The van der Waals surface area contributed by atoms with Crippen molar-refractivity contribution < 1.29 is 9.26 Å². The molecule has 0 bridgehead atoms. The third kappa shape index (κ3) is 2.48. The molecule has 1 unspecified atom stereocenters. The highest BCUT2D eigenvalue weighted by Crippen LogP contribution is 2.33. The molecule has 0 spiro atoms. The van der Waals surface area contributed by atoms with Crippen molar-refractivity contribution in [2.24, 2.45) is 0 Å². The third-order valence-corrected chi connectivity index (χ3v) is 4.16. The number of hydrogen-bond donors (Lipinski definition) is 1. The van der Waals surface area contributed by atoms with Gasteiger partial charge in [0.25, 0.3) is 5.89 Å². The first-order valence-corrected chi connectivity index (χ1v) is 7.14. The average Bonchev–Trinajstić information content (AvgIpc) is 3.10. The SMILES string of the molecule is CNc1snc(C)c1-c1nc(CC2CCCO2)no1. The van der Waals surface area contributed by atoms with Crippen LogP contribution in [0.3, 0.4) is 0 Å². The summed E-state index contributed by atoms with van der Waals surface area (Å²) in [4.78, 5) is 4.45. The first-order valence-electron chi connectivity index (χ1n) is 6.36. The molecule has 1 atom stereocenters. The number of rotatable bonds is 4. The summed E-state index contributed by atoms with van der Waals surface area (Å²) in [6.07, 6.45) is 3.14. The van der Waals surface area contributed by atoms with Crippen LogP contribution >= 0.6 is 11.5 Å². The van der Waals surface area contributed by atoms with E-state index in [4.69, 9.17) is 9.26 Å². The summed E-state index contributed by atoms with van der Waals surface area (Å²) in [7, 11) is 1.86. The van der Waals surface area contributed by atoms with Crippen molar-refractivity contribution >= 4 is 16.5 Å². The fourth-order valence-electron chi connectivity index (χ4n) is 2.24. The first-order chi connectivity index (χ1) is 9.28. The molecule has 0 amide bonds. The largest absolute Gasteiger partial charge is 0.378 e. The molecule has 0 aromatic carbocycles. The van der Waals surface area contributed by atoms with Crippen LogP contribution in [-0.2, 0) is 11.2 Å². The molecule has 1 N–H and O–H groups in total. The van der Waals surface area contributed by atoms with Crippen molar-refractivity contribution in [2.75, 3.05) is 19.0 Å². The lowest BCUT2D eigenvalue weighted by atomic mass is 10.2. The van der Waals surface area contributed by atoms with E-state index in [0.29, 0.717) is 11.7 Å². The lowest BCUT2D eigenvalue weighted by Crippen LogP contribution is -2.09. The van der Waals surface area contributed by atoms with E-state index in [1.807, 2.05) is 14.0 Å². The maximum atomic E-state index is 5.58. The number of nitrogens with zero attached hydrogens (tertiary/aromatic N) is 3. The number of hydrogen-bond acceptors (Lipinski definition) is 7. The fraction of sp³-hybridized carbons (Fsp3) is 0.583. The van der Waals surface area contributed by atoms with E-state index in [1.54, 1.807) is 0 Å². The van der Waals surface area contributed by atoms with Crippen molar-refractivity contribution in [3.63, 3.8) is 0 Å². The third-order valence-electron chi connectivity index (χ3n) is 3.21. The van der Waals surface area contributed by atoms with Crippen LogP contribution in [0.25, 0.3) is 11.5 Å².